The van der Waals surface area contributed by atoms with Crippen molar-refractivity contribution in [1.82, 2.24) is 0 Å². The first-order valence-corrected chi connectivity index (χ1v) is 5.56. The van der Waals surface area contributed by atoms with Gasteiger partial charge >= 0.3 is 5.97 Å². The minimum absolute atomic E-state index is 0.325. The first-order valence-electron chi connectivity index (χ1n) is 5.56. The van der Waals surface area contributed by atoms with Gasteiger partial charge in [0.25, 0.3) is 0 Å². The van der Waals surface area contributed by atoms with E-state index in [-0.39, 0.29) is 0 Å². The number of rotatable bonds is 4. The van der Waals surface area contributed by atoms with Gasteiger partial charge in [-0.05, 0) is 31.1 Å². The Balaban J connectivity index is 3.11. The topological polar surface area (TPSA) is 59.3 Å². The van der Waals surface area contributed by atoms with Gasteiger partial charge in [0, 0.05) is 6.08 Å². The zero-order valence-corrected chi connectivity index (χ0v) is 10.7. The second kappa shape index (κ2) is 6.45. The monoisotopic (exact) mass is 245 g/mol. The first-order chi connectivity index (χ1) is 8.63. The number of hydrogen-bond donors (Lipinski definition) is 0. The number of carbonyl (C=O) groups is 1. The van der Waals surface area contributed by atoms with Crippen LogP contribution in [0.2, 0.25) is 0 Å². The second-order valence-electron chi connectivity index (χ2n) is 3.58. The minimum Gasteiger partial charge on any atom is -0.495 e. The molecule has 1 aromatic rings. The molecule has 18 heavy (non-hydrogen) atoms. The molecule has 0 atom stereocenters. The van der Waals surface area contributed by atoms with Crippen LogP contribution in [0.4, 0.5) is 0 Å². The molecule has 4 heteroatoms. The normalized spacial score (nSPS) is 10.1. The fourth-order valence-corrected chi connectivity index (χ4v) is 1.57. The first kappa shape index (κ1) is 13.8. The van der Waals surface area contributed by atoms with Crippen LogP contribution in [0.15, 0.2) is 18.2 Å². The van der Waals surface area contributed by atoms with Gasteiger partial charge in [-0.25, -0.2) is 4.79 Å². The van der Waals surface area contributed by atoms with Crippen LogP contribution in [-0.2, 0) is 9.53 Å². The highest BCUT2D eigenvalue weighted by molar-refractivity contribution is 5.87. The molecule has 0 aliphatic carbocycles. The molecule has 0 aliphatic heterocycles. The Hall–Kier alpha value is -2.28. The fourth-order valence-electron chi connectivity index (χ4n) is 1.57. The van der Waals surface area contributed by atoms with Crippen molar-refractivity contribution in [2.75, 3.05) is 13.7 Å². The smallest absolute Gasteiger partial charge is 0.330 e. The van der Waals surface area contributed by atoms with Crippen LogP contribution in [0.1, 0.15) is 23.6 Å². The number of nitriles is 1. The van der Waals surface area contributed by atoms with Gasteiger partial charge in [-0.2, -0.15) is 5.26 Å². The number of benzene rings is 1. The molecular weight excluding hydrogens is 230 g/mol. The van der Waals surface area contributed by atoms with Crippen molar-refractivity contribution in [3.63, 3.8) is 0 Å². The molecule has 0 heterocycles. The lowest BCUT2D eigenvalue weighted by atomic mass is 10.0. The number of methoxy groups -OCH3 is 1. The summed E-state index contributed by atoms with van der Waals surface area (Å²) in [6.45, 7) is 3.92. The summed E-state index contributed by atoms with van der Waals surface area (Å²) >= 11 is 0. The summed E-state index contributed by atoms with van der Waals surface area (Å²) in [7, 11) is 1.52. The molecular formula is C14H15NO3. The number of aryl methyl sites for hydroxylation is 1. The number of ether oxygens (including phenoxy) is 2. The number of carbonyl (C=O) groups excluding carboxylic acids is 1. The third kappa shape index (κ3) is 3.11. The largest absolute Gasteiger partial charge is 0.495 e. The third-order valence-corrected chi connectivity index (χ3v) is 2.39. The van der Waals surface area contributed by atoms with Gasteiger partial charge in [0.2, 0.25) is 0 Å². The number of nitrogens with zero attached hydrogens (tertiary/aromatic N) is 1. The van der Waals surface area contributed by atoms with Crippen LogP contribution < -0.4 is 4.74 Å². The number of hydrogen-bond acceptors (Lipinski definition) is 4. The van der Waals surface area contributed by atoms with Crippen LogP contribution in [0, 0.1) is 18.3 Å². The van der Waals surface area contributed by atoms with Crippen LogP contribution >= 0.6 is 0 Å². The van der Waals surface area contributed by atoms with E-state index in [1.165, 1.54) is 13.2 Å². The van der Waals surface area contributed by atoms with Gasteiger partial charge < -0.3 is 9.47 Å². The van der Waals surface area contributed by atoms with Crippen LogP contribution in [0.3, 0.4) is 0 Å². The maximum Gasteiger partial charge on any atom is 0.330 e. The molecule has 0 N–H and O–H groups in total. The molecule has 0 radical (unpaired) electrons. The van der Waals surface area contributed by atoms with E-state index >= 15 is 0 Å². The molecule has 94 valence electrons. The van der Waals surface area contributed by atoms with E-state index < -0.39 is 5.97 Å². The third-order valence-electron chi connectivity index (χ3n) is 2.39. The molecule has 1 rings (SSSR count). The quantitative estimate of drug-likeness (QED) is 0.604. The summed E-state index contributed by atoms with van der Waals surface area (Å²) in [5.41, 5.74) is 1.92. The Morgan fingerprint density at radius 3 is 2.78 bits per heavy atom. The molecule has 0 bridgehead atoms. The van der Waals surface area contributed by atoms with Crippen molar-refractivity contribution >= 4 is 12.0 Å². The summed E-state index contributed by atoms with van der Waals surface area (Å²) in [6, 6.07) is 5.69. The molecule has 0 unspecified atom stereocenters. The lowest BCUT2D eigenvalue weighted by Crippen LogP contribution is -1.99. The Labute approximate surface area is 106 Å². The molecule has 0 spiro atoms. The molecule has 4 nitrogen and oxygen atoms in total. The van der Waals surface area contributed by atoms with Crippen LogP contribution in [0.5, 0.6) is 5.75 Å². The average Bonchev–Trinajstić information content (AvgIpc) is 2.37. The molecule has 0 amide bonds. The lowest BCUT2D eigenvalue weighted by molar-refractivity contribution is -0.137. The predicted octanol–water partition coefficient (Wildman–Crippen LogP) is 2.45. The van der Waals surface area contributed by atoms with E-state index in [0.29, 0.717) is 23.5 Å². The molecule has 0 saturated carbocycles. The minimum atomic E-state index is -0.430. The summed E-state index contributed by atoms with van der Waals surface area (Å²) in [4.78, 5) is 11.2. The Morgan fingerprint density at radius 1 is 1.50 bits per heavy atom. The van der Waals surface area contributed by atoms with Gasteiger partial charge in [-0.15, -0.1) is 0 Å². The standard InChI is InChI=1S/C14H15NO3/c1-4-18-13(16)8-7-11-6-5-10(2)14(17-3)12(11)9-15/h5-8H,4H2,1-3H3/b8-7+. The van der Waals surface area contributed by atoms with E-state index in [4.69, 9.17) is 14.7 Å². The predicted molar refractivity (Wildman–Crippen MR) is 68.1 cm³/mol. The average molecular weight is 245 g/mol. The van der Waals surface area contributed by atoms with E-state index in [1.54, 1.807) is 19.1 Å². The highest BCUT2D eigenvalue weighted by Gasteiger charge is 2.10. The van der Waals surface area contributed by atoms with E-state index in [2.05, 4.69) is 6.07 Å². The van der Waals surface area contributed by atoms with Crippen molar-refractivity contribution in [2.24, 2.45) is 0 Å². The van der Waals surface area contributed by atoms with E-state index in [1.807, 2.05) is 13.0 Å². The van der Waals surface area contributed by atoms with Crippen LogP contribution in [-0.4, -0.2) is 19.7 Å². The Kier molecular flexibility index (Phi) is 4.94. The van der Waals surface area contributed by atoms with E-state index in [9.17, 15) is 4.79 Å². The van der Waals surface area contributed by atoms with Gasteiger partial charge in [0.1, 0.15) is 17.4 Å². The van der Waals surface area contributed by atoms with Crippen molar-refractivity contribution in [3.8, 4) is 11.8 Å². The van der Waals surface area contributed by atoms with Gasteiger partial charge in [-0.3, -0.25) is 0 Å². The second-order valence-corrected chi connectivity index (χ2v) is 3.58. The van der Waals surface area contributed by atoms with Gasteiger partial charge in [0.15, 0.2) is 0 Å². The fraction of sp³-hybridized carbons (Fsp3) is 0.286. The van der Waals surface area contributed by atoms with Crippen molar-refractivity contribution in [1.29, 1.82) is 5.26 Å². The zero-order valence-electron chi connectivity index (χ0n) is 10.7. The molecule has 1 aromatic carbocycles. The van der Waals surface area contributed by atoms with Crippen molar-refractivity contribution in [3.05, 3.63) is 34.9 Å². The molecule has 0 aliphatic rings. The SMILES string of the molecule is CCOC(=O)/C=C/c1ccc(C)c(OC)c1C#N. The highest BCUT2D eigenvalue weighted by Crippen LogP contribution is 2.26. The highest BCUT2D eigenvalue weighted by atomic mass is 16.5. The summed E-state index contributed by atoms with van der Waals surface area (Å²) in [6.07, 6.45) is 2.85. The number of esters is 1. The summed E-state index contributed by atoms with van der Waals surface area (Å²) in [5.74, 6) is 0.101. The molecule has 0 saturated heterocycles. The van der Waals surface area contributed by atoms with Crippen molar-refractivity contribution < 1.29 is 14.3 Å². The lowest BCUT2D eigenvalue weighted by Gasteiger charge is -2.08. The molecule has 0 fully saturated rings. The van der Waals surface area contributed by atoms with Gasteiger partial charge in [-0.1, -0.05) is 12.1 Å². The van der Waals surface area contributed by atoms with Gasteiger partial charge in [0.05, 0.1) is 13.7 Å². The summed E-state index contributed by atoms with van der Waals surface area (Å²) in [5, 5.41) is 9.14. The van der Waals surface area contributed by atoms with E-state index in [0.717, 1.165) is 5.56 Å². The summed E-state index contributed by atoms with van der Waals surface area (Å²) < 4.78 is 9.97. The molecule has 0 aromatic heterocycles. The maximum atomic E-state index is 11.2. The Bertz CT molecular complexity index is 513. The zero-order chi connectivity index (χ0) is 13.5. The van der Waals surface area contributed by atoms with Crippen molar-refractivity contribution in [2.45, 2.75) is 13.8 Å². The maximum absolute atomic E-state index is 11.2. The van der Waals surface area contributed by atoms with Crippen LogP contribution in [0.25, 0.3) is 6.08 Å². The Morgan fingerprint density at radius 2 is 2.22 bits per heavy atom.